The SMILES string of the molecule is CCN(CCO)c1ccc([C@H](C)N)c(Br)c1. The Morgan fingerprint density at radius 2 is 2.19 bits per heavy atom. The normalized spacial score (nSPS) is 12.6. The van der Waals surface area contributed by atoms with Gasteiger partial charge in [0.05, 0.1) is 6.61 Å². The van der Waals surface area contributed by atoms with Gasteiger partial charge in [0.2, 0.25) is 0 Å². The summed E-state index contributed by atoms with van der Waals surface area (Å²) in [6.45, 7) is 5.74. The molecule has 0 bridgehead atoms. The second-order valence-corrected chi connectivity index (χ2v) is 4.65. The van der Waals surface area contributed by atoms with E-state index in [0.29, 0.717) is 6.54 Å². The van der Waals surface area contributed by atoms with E-state index in [1.165, 1.54) is 0 Å². The number of hydrogen-bond donors (Lipinski definition) is 2. The Labute approximate surface area is 105 Å². The van der Waals surface area contributed by atoms with Crippen LogP contribution in [-0.2, 0) is 0 Å². The van der Waals surface area contributed by atoms with Gasteiger partial charge in [-0.3, -0.25) is 0 Å². The van der Waals surface area contributed by atoms with E-state index in [-0.39, 0.29) is 12.6 Å². The fraction of sp³-hybridized carbons (Fsp3) is 0.500. The molecule has 1 atom stereocenters. The molecule has 0 aromatic heterocycles. The molecule has 0 amide bonds. The van der Waals surface area contributed by atoms with Crippen LogP contribution >= 0.6 is 15.9 Å². The summed E-state index contributed by atoms with van der Waals surface area (Å²) in [6.07, 6.45) is 0. The molecule has 0 aliphatic carbocycles. The first-order valence-corrected chi connectivity index (χ1v) is 6.30. The maximum absolute atomic E-state index is 8.97. The molecule has 0 heterocycles. The highest BCUT2D eigenvalue weighted by molar-refractivity contribution is 9.10. The third kappa shape index (κ3) is 3.20. The number of nitrogens with two attached hydrogens (primary N) is 1. The van der Waals surface area contributed by atoms with Gasteiger partial charge in [-0.05, 0) is 31.5 Å². The summed E-state index contributed by atoms with van der Waals surface area (Å²) in [7, 11) is 0. The largest absolute Gasteiger partial charge is 0.395 e. The van der Waals surface area contributed by atoms with Gasteiger partial charge in [0.1, 0.15) is 0 Å². The van der Waals surface area contributed by atoms with Crippen LogP contribution in [0.2, 0.25) is 0 Å². The molecule has 3 N–H and O–H groups in total. The van der Waals surface area contributed by atoms with Gasteiger partial charge in [-0.25, -0.2) is 0 Å². The number of hydrogen-bond acceptors (Lipinski definition) is 3. The Hall–Kier alpha value is -0.580. The van der Waals surface area contributed by atoms with Gasteiger partial charge in [0.15, 0.2) is 0 Å². The maximum Gasteiger partial charge on any atom is 0.0606 e. The molecule has 3 nitrogen and oxygen atoms in total. The number of anilines is 1. The fourth-order valence-corrected chi connectivity index (χ4v) is 2.40. The monoisotopic (exact) mass is 286 g/mol. The molecule has 0 unspecified atom stereocenters. The predicted octanol–water partition coefficient (Wildman–Crippen LogP) is 2.29. The van der Waals surface area contributed by atoms with Crippen molar-refractivity contribution in [2.75, 3.05) is 24.6 Å². The number of aliphatic hydroxyl groups excluding tert-OH is 1. The van der Waals surface area contributed by atoms with E-state index >= 15 is 0 Å². The van der Waals surface area contributed by atoms with E-state index in [0.717, 1.165) is 22.3 Å². The van der Waals surface area contributed by atoms with E-state index in [9.17, 15) is 0 Å². The zero-order chi connectivity index (χ0) is 12.1. The van der Waals surface area contributed by atoms with Gasteiger partial charge in [-0.1, -0.05) is 22.0 Å². The van der Waals surface area contributed by atoms with Crippen molar-refractivity contribution in [2.24, 2.45) is 5.73 Å². The van der Waals surface area contributed by atoms with Crippen LogP contribution in [0.4, 0.5) is 5.69 Å². The van der Waals surface area contributed by atoms with Crippen LogP contribution in [0.15, 0.2) is 22.7 Å². The minimum atomic E-state index is 0.0244. The van der Waals surface area contributed by atoms with Gasteiger partial charge < -0.3 is 15.7 Å². The Bertz CT molecular complexity index is 342. The average Bonchev–Trinajstić information content (AvgIpc) is 2.25. The van der Waals surface area contributed by atoms with Crippen molar-refractivity contribution < 1.29 is 5.11 Å². The molecular weight excluding hydrogens is 268 g/mol. The van der Waals surface area contributed by atoms with Crippen molar-refractivity contribution in [3.8, 4) is 0 Å². The smallest absolute Gasteiger partial charge is 0.0606 e. The molecule has 4 heteroatoms. The lowest BCUT2D eigenvalue weighted by Crippen LogP contribution is -2.26. The number of benzene rings is 1. The quantitative estimate of drug-likeness (QED) is 0.873. The van der Waals surface area contributed by atoms with Crippen LogP contribution in [0.1, 0.15) is 25.5 Å². The van der Waals surface area contributed by atoms with E-state index in [2.05, 4.69) is 33.8 Å². The zero-order valence-electron chi connectivity index (χ0n) is 9.78. The summed E-state index contributed by atoms with van der Waals surface area (Å²) in [5.41, 5.74) is 8.05. The first-order chi connectivity index (χ1) is 7.60. The molecule has 1 aromatic rings. The molecule has 0 radical (unpaired) electrons. The summed E-state index contributed by atoms with van der Waals surface area (Å²) in [6, 6.07) is 6.15. The lowest BCUT2D eigenvalue weighted by atomic mass is 10.1. The van der Waals surface area contributed by atoms with E-state index in [1.807, 2.05) is 19.1 Å². The highest BCUT2D eigenvalue weighted by Crippen LogP contribution is 2.27. The topological polar surface area (TPSA) is 49.5 Å². The molecule has 0 aliphatic heterocycles. The Morgan fingerprint density at radius 3 is 2.62 bits per heavy atom. The van der Waals surface area contributed by atoms with Crippen molar-refractivity contribution in [1.29, 1.82) is 0 Å². The molecule has 0 aliphatic rings. The molecule has 0 fully saturated rings. The maximum atomic E-state index is 8.97. The number of nitrogens with zero attached hydrogens (tertiary/aromatic N) is 1. The van der Waals surface area contributed by atoms with Crippen molar-refractivity contribution in [2.45, 2.75) is 19.9 Å². The summed E-state index contributed by atoms with van der Waals surface area (Å²) in [4.78, 5) is 2.12. The van der Waals surface area contributed by atoms with Gasteiger partial charge in [-0.2, -0.15) is 0 Å². The van der Waals surface area contributed by atoms with Crippen molar-refractivity contribution in [3.05, 3.63) is 28.2 Å². The third-order valence-corrected chi connectivity index (χ3v) is 3.28. The molecule has 90 valence electrons. The van der Waals surface area contributed by atoms with Crippen molar-refractivity contribution in [1.82, 2.24) is 0 Å². The van der Waals surface area contributed by atoms with E-state index in [4.69, 9.17) is 10.8 Å². The molecule has 1 rings (SSSR count). The average molecular weight is 287 g/mol. The molecule has 16 heavy (non-hydrogen) atoms. The summed E-state index contributed by atoms with van der Waals surface area (Å²) in [5, 5.41) is 8.97. The molecule has 0 spiro atoms. The highest BCUT2D eigenvalue weighted by Gasteiger charge is 2.08. The fourth-order valence-electron chi connectivity index (χ4n) is 1.67. The number of likely N-dealkylation sites (N-methyl/N-ethyl adjacent to an activating group) is 1. The van der Waals surface area contributed by atoms with Crippen LogP contribution < -0.4 is 10.6 Å². The lowest BCUT2D eigenvalue weighted by Gasteiger charge is -2.23. The number of halogens is 1. The second kappa shape index (κ2) is 6.23. The number of aliphatic hydroxyl groups is 1. The van der Waals surface area contributed by atoms with Crippen LogP contribution in [0, 0.1) is 0 Å². The zero-order valence-corrected chi connectivity index (χ0v) is 11.4. The minimum Gasteiger partial charge on any atom is -0.395 e. The molecule has 0 saturated heterocycles. The molecular formula is C12H19BrN2O. The van der Waals surface area contributed by atoms with Crippen LogP contribution in [0.3, 0.4) is 0 Å². The summed E-state index contributed by atoms with van der Waals surface area (Å²) >= 11 is 3.53. The highest BCUT2D eigenvalue weighted by atomic mass is 79.9. The Balaban J connectivity index is 2.95. The van der Waals surface area contributed by atoms with E-state index in [1.54, 1.807) is 0 Å². The van der Waals surface area contributed by atoms with Gasteiger partial charge in [-0.15, -0.1) is 0 Å². The second-order valence-electron chi connectivity index (χ2n) is 3.80. The predicted molar refractivity (Wildman–Crippen MR) is 71.7 cm³/mol. The first-order valence-electron chi connectivity index (χ1n) is 5.51. The Morgan fingerprint density at radius 1 is 1.50 bits per heavy atom. The third-order valence-electron chi connectivity index (χ3n) is 2.59. The Kier molecular flexibility index (Phi) is 5.25. The van der Waals surface area contributed by atoms with Gasteiger partial charge in [0.25, 0.3) is 0 Å². The van der Waals surface area contributed by atoms with Crippen molar-refractivity contribution in [3.63, 3.8) is 0 Å². The minimum absolute atomic E-state index is 0.0244. The summed E-state index contributed by atoms with van der Waals surface area (Å²) < 4.78 is 1.02. The molecule has 1 aromatic carbocycles. The van der Waals surface area contributed by atoms with E-state index < -0.39 is 0 Å². The standard InChI is InChI=1S/C12H19BrN2O/c1-3-15(6-7-16)10-4-5-11(9(2)14)12(13)8-10/h4-5,8-9,16H,3,6-7,14H2,1-2H3/t9-/m0/s1. The van der Waals surface area contributed by atoms with Crippen LogP contribution in [0.5, 0.6) is 0 Å². The van der Waals surface area contributed by atoms with Gasteiger partial charge in [0, 0.05) is 29.3 Å². The van der Waals surface area contributed by atoms with Crippen LogP contribution in [-0.4, -0.2) is 24.8 Å². The summed E-state index contributed by atoms with van der Waals surface area (Å²) in [5.74, 6) is 0. The first kappa shape index (κ1) is 13.5. The van der Waals surface area contributed by atoms with Crippen LogP contribution in [0.25, 0.3) is 0 Å². The van der Waals surface area contributed by atoms with Gasteiger partial charge >= 0.3 is 0 Å². The lowest BCUT2D eigenvalue weighted by molar-refractivity contribution is 0.302. The van der Waals surface area contributed by atoms with Crippen molar-refractivity contribution >= 4 is 21.6 Å². The molecule has 0 saturated carbocycles. The number of rotatable bonds is 5.